The first-order valence-corrected chi connectivity index (χ1v) is 5.91. The fraction of sp³-hybridized carbons (Fsp3) is 1.00. The Morgan fingerprint density at radius 2 is 2.46 bits per heavy atom. The molecule has 2 unspecified atom stereocenters. The summed E-state index contributed by atoms with van der Waals surface area (Å²) in [6.45, 7) is 3.00. The van der Waals surface area contributed by atoms with Crippen LogP contribution in [-0.4, -0.2) is 52.1 Å². The van der Waals surface area contributed by atoms with Crippen molar-refractivity contribution in [3.05, 3.63) is 0 Å². The minimum atomic E-state index is -1.88. The number of rotatable bonds is 5. The van der Waals surface area contributed by atoms with Gasteiger partial charge in [-0.25, -0.2) is 0 Å². The molecule has 1 saturated heterocycles. The molecule has 78 valence electrons. The summed E-state index contributed by atoms with van der Waals surface area (Å²) in [5.41, 5.74) is 0. The minimum absolute atomic E-state index is 0.282. The first-order valence-electron chi connectivity index (χ1n) is 4.67. The molecule has 2 atom stereocenters. The predicted octanol–water partition coefficient (Wildman–Crippen LogP) is -0.451. The van der Waals surface area contributed by atoms with Gasteiger partial charge < -0.3 is 14.8 Å². The second kappa shape index (κ2) is 5.70. The second-order valence-electron chi connectivity index (χ2n) is 3.49. The number of nitrogens with one attached hydrogen (secondary N) is 1. The first kappa shape index (κ1) is 11.1. The molecule has 0 aliphatic carbocycles. The number of hydrogen-bond donors (Lipinski definition) is 1. The van der Waals surface area contributed by atoms with Crippen LogP contribution in [-0.2, 0) is 11.1 Å². The van der Waals surface area contributed by atoms with E-state index in [2.05, 4.69) is 17.3 Å². The lowest BCUT2D eigenvalue weighted by Gasteiger charge is -2.23. The van der Waals surface area contributed by atoms with Crippen molar-refractivity contribution >= 4 is 11.1 Å². The minimum Gasteiger partial charge on any atom is -0.772 e. The zero-order valence-electron chi connectivity index (χ0n) is 7.99. The molecule has 0 aromatic carbocycles. The van der Waals surface area contributed by atoms with E-state index in [1.165, 1.54) is 6.42 Å². The Morgan fingerprint density at radius 1 is 1.69 bits per heavy atom. The maximum atomic E-state index is 10.3. The van der Waals surface area contributed by atoms with E-state index >= 15 is 0 Å². The lowest BCUT2D eigenvalue weighted by molar-refractivity contribution is 0.258. The molecule has 0 bridgehead atoms. The van der Waals surface area contributed by atoms with E-state index in [1.807, 2.05) is 0 Å². The summed E-state index contributed by atoms with van der Waals surface area (Å²) in [4.78, 5) is 2.24. The average Bonchev–Trinajstić information content (AvgIpc) is 2.55. The van der Waals surface area contributed by atoms with Gasteiger partial charge in [-0.1, -0.05) is 11.1 Å². The lowest BCUT2D eigenvalue weighted by Crippen LogP contribution is -2.34. The van der Waals surface area contributed by atoms with E-state index in [0.29, 0.717) is 6.04 Å². The summed E-state index contributed by atoms with van der Waals surface area (Å²) in [6, 6.07) is 0.597. The van der Waals surface area contributed by atoms with Gasteiger partial charge in [-0.15, -0.1) is 0 Å². The summed E-state index contributed by atoms with van der Waals surface area (Å²) in [7, 11) is 2.06. The molecule has 0 amide bonds. The molecule has 0 spiro atoms. The van der Waals surface area contributed by atoms with Crippen LogP contribution in [0.15, 0.2) is 0 Å². The summed E-state index contributed by atoms with van der Waals surface area (Å²) < 4.78 is 20.5. The van der Waals surface area contributed by atoms with E-state index in [-0.39, 0.29) is 5.75 Å². The summed E-state index contributed by atoms with van der Waals surface area (Å²) in [5, 5.41) is 3.29. The Balaban J connectivity index is 2.09. The van der Waals surface area contributed by atoms with E-state index in [1.54, 1.807) is 0 Å². The number of hydrogen-bond acceptors (Lipinski definition) is 4. The Morgan fingerprint density at radius 3 is 3.00 bits per heavy atom. The van der Waals surface area contributed by atoms with E-state index in [4.69, 9.17) is 0 Å². The average molecular weight is 205 g/mol. The quantitative estimate of drug-likeness (QED) is 0.618. The Hall–Kier alpha value is 0.0300. The van der Waals surface area contributed by atoms with Crippen LogP contribution < -0.4 is 5.32 Å². The SMILES string of the molecule is CN(CCCS(=O)[O-])C1CCNC1. The fourth-order valence-electron chi connectivity index (χ4n) is 1.63. The van der Waals surface area contributed by atoms with E-state index in [0.717, 1.165) is 26.1 Å². The van der Waals surface area contributed by atoms with Gasteiger partial charge in [0.2, 0.25) is 0 Å². The van der Waals surface area contributed by atoms with Gasteiger partial charge in [-0.05, 0) is 33.0 Å². The molecule has 0 saturated carbocycles. The third kappa shape index (κ3) is 4.17. The summed E-state index contributed by atoms with van der Waals surface area (Å²) in [5.74, 6) is 0.282. The van der Waals surface area contributed by atoms with Crippen LogP contribution in [0.3, 0.4) is 0 Å². The molecule has 13 heavy (non-hydrogen) atoms. The van der Waals surface area contributed by atoms with Gasteiger partial charge in [0.1, 0.15) is 0 Å². The monoisotopic (exact) mass is 205 g/mol. The Kier molecular flexibility index (Phi) is 4.87. The predicted molar refractivity (Wildman–Crippen MR) is 52.3 cm³/mol. The molecule has 1 rings (SSSR count). The van der Waals surface area contributed by atoms with Gasteiger partial charge in [0.15, 0.2) is 0 Å². The van der Waals surface area contributed by atoms with Crippen molar-refractivity contribution in [2.75, 3.05) is 32.4 Å². The van der Waals surface area contributed by atoms with Crippen molar-refractivity contribution in [1.29, 1.82) is 0 Å². The highest BCUT2D eigenvalue weighted by molar-refractivity contribution is 7.79. The van der Waals surface area contributed by atoms with Crippen molar-refractivity contribution in [2.24, 2.45) is 0 Å². The Bertz CT molecular complexity index is 172. The van der Waals surface area contributed by atoms with Gasteiger partial charge in [-0.3, -0.25) is 4.21 Å². The molecule has 1 aliphatic heterocycles. The summed E-state index contributed by atoms with van der Waals surface area (Å²) >= 11 is -1.88. The van der Waals surface area contributed by atoms with Gasteiger partial charge >= 0.3 is 0 Å². The van der Waals surface area contributed by atoms with E-state index in [9.17, 15) is 8.76 Å². The molecular weight excluding hydrogens is 188 g/mol. The van der Waals surface area contributed by atoms with Crippen molar-refractivity contribution in [3.63, 3.8) is 0 Å². The van der Waals surface area contributed by atoms with Crippen LogP contribution >= 0.6 is 0 Å². The van der Waals surface area contributed by atoms with Gasteiger partial charge in [0, 0.05) is 18.3 Å². The number of nitrogens with zero attached hydrogens (tertiary/aromatic N) is 1. The second-order valence-corrected chi connectivity index (χ2v) is 4.50. The molecule has 1 aliphatic rings. The molecule has 5 heteroatoms. The van der Waals surface area contributed by atoms with Gasteiger partial charge in [-0.2, -0.15) is 0 Å². The van der Waals surface area contributed by atoms with Crippen molar-refractivity contribution in [3.8, 4) is 0 Å². The molecule has 0 aromatic heterocycles. The van der Waals surface area contributed by atoms with Crippen molar-refractivity contribution in [1.82, 2.24) is 10.2 Å². The zero-order chi connectivity index (χ0) is 9.68. The molecule has 4 nitrogen and oxygen atoms in total. The topological polar surface area (TPSA) is 55.4 Å². The standard InChI is InChI=1S/C8H18N2O2S/c1-10(5-2-6-13(11)12)8-3-4-9-7-8/h8-9H,2-7H2,1H3,(H,11,12)/p-1. The van der Waals surface area contributed by atoms with Crippen LogP contribution in [0.1, 0.15) is 12.8 Å². The largest absolute Gasteiger partial charge is 0.772 e. The molecule has 1 N–H and O–H groups in total. The van der Waals surface area contributed by atoms with Crippen LogP contribution in [0.2, 0.25) is 0 Å². The van der Waals surface area contributed by atoms with Gasteiger partial charge in [0.05, 0.1) is 0 Å². The Labute approximate surface area is 82.0 Å². The molecule has 1 heterocycles. The molecule has 1 fully saturated rings. The van der Waals surface area contributed by atoms with Crippen molar-refractivity contribution < 1.29 is 8.76 Å². The lowest BCUT2D eigenvalue weighted by atomic mass is 10.2. The smallest absolute Gasteiger partial charge is 0.0229 e. The molecule has 0 aromatic rings. The summed E-state index contributed by atoms with van der Waals surface area (Å²) in [6.07, 6.45) is 1.92. The maximum Gasteiger partial charge on any atom is 0.0229 e. The van der Waals surface area contributed by atoms with Crippen LogP contribution in [0.5, 0.6) is 0 Å². The normalized spacial score (nSPS) is 25.3. The highest BCUT2D eigenvalue weighted by Gasteiger charge is 2.17. The number of likely N-dealkylation sites (N-methyl/N-ethyl adjacent to an activating group) is 1. The zero-order valence-corrected chi connectivity index (χ0v) is 8.81. The van der Waals surface area contributed by atoms with Crippen molar-refractivity contribution in [2.45, 2.75) is 18.9 Å². The highest BCUT2D eigenvalue weighted by Crippen LogP contribution is 2.06. The van der Waals surface area contributed by atoms with Crippen LogP contribution in [0.4, 0.5) is 0 Å². The third-order valence-electron chi connectivity index (χ3n) is 2.48. The first-order chi connectivity index (χ1) is 6.20. The molecule has 0 radical (unpaired) electrons. The fourth-order valence-corrected chi connectivity index (χ4v) is 1.99. The maximum absolute atomic E-state index is 10.3. The third-order valence-corrected chi connectivity index (χ3v) is 3.10. The van der Waals surface area contributed by atoms with Crippen LogP contribution in [0.25, 0.3) is 0 Å². The molecular formula is C8H17N2O2S-. The highest BCUT2D eigenvalue weighted by atomic mass is 32.2. The van der Waals surface area contributed by atoms with E-state index < -0.39 is 11.1 Å². The van der Waals surface area contributed by atoms with Gasteiger partial charge in [0.25, 0.3) is 0 Å². The van der Waals surface area contributed by atoms with Crippen LogP contribution in [0, 0.1) is 0 Å².